The van der Waals surface area contributed by atoms with E-state index in [9.17, 15) is 19.7 Å². The van der Waals surface area contributed by atoms with Gasteiger partial charge in [0.2, 0.25) is 0 Å². The van der Waals surface area contributed by atoms with E-state index in [1.807, 2.05) is 6.07 Å². The number of non-ortho nitro benzene ring substituents is 1. The van der Waals surface area contributed by atoms with E-state index in [0.29, 0.717) is 11.3 Å². The van der Waals surface area contributed by atoms with Crippen LogP contribution in [0.5, 0.6) is 0 Å². The van der Waals surface area contributed by atoms with Crippen LogP contribution in [-0.4, -0.2) is 22.9 Å². The number of benzene rings is 2. The summed E-state index contributed by atoms with van der Waals surface area (Å²) in [5, 5.41) is 22.1. The number of amides is 1. The number of nitriles is 1. The summed E-state index contributed by atoms with van der Waals surface area (Å²) in [4.78, 5) is 34.4. The van der Waals surface area contributed by atoms with Crippen molar-refractivity contribution in [3.63, 3.8) is 0 Å². The number of nitro groups is 1. The Morgan fingerprint density at radius 1 is 1.31 bits per heavy atom. The fourth-order valence-electron chi connectivity index (χ4n) is 1.97. The van der Waals surface area contributed by atoms with Gasteiger partial charge in [-0.2, -0.15) is 5.26 Å². The van der Waals surface area contributed by atoms with Gasteiger partial charge >= 0.3 is 5.97 Å². The molecule has 26 heavy (non-hydrogen) atoms. The van der Waals surface area contributed by atoms with Crippen molar-refractivity contribution in [2.75, 3.05) is 5.32 Å². The first kappa shape index (κ1) is 18.9. The molecule has 8 nitrogen and oxygen atoms in total. The Hall–Kier alpha value is -3.44. The molecule has 2 rings (SSSR count). The monoisotopic (exact) mass is 373 g/mol. The summed E-state index contributed by atoms with van der Waals surface area (Å²) in [6, 6.07) is 11.5. The Kier molecular flexibility index (Phi) is 5.88. The van der Waals surface area contributed by atoms with Gasteiger partial charge in [0, 0.05) is 17.8 Å². The Balaban J connectivity index is 2.09. The Morgan fingerprint density at radius 3 is 2.69 bits per heavy atom. The van der Waals surface area contributed by atoms with Crippen molar-refractivity contribution in [1.29, 1.82) is 5.26 Å². The van der Waals surface area contributed by atoms with Crippen LogP contribution in [0.1, 0.15) is 22.8 Å². The molecule has 2 aromatic rings. The predicted octanol–water partition coefficient (Wildman–Crippen LogP) is 3.30. The van der Waals surface area contributed by atoms with Crippen LogP contribution in [0.4, 0.5) is 11.4 Å². The SMILES string of the molecule is C[C@@H](OC(=O)c1cc([N+](=O)[O-])ccc1Cl)C(=O)Nc1cccc(C#N)c1. The number of carbonyl (C=O) groups is 2. The van der Waals surface area contributed by atoms with Crippen molar-refractivity contribution in [2.45, 2.75) is 13.0 Å². The highest BCUT2D eigenvalue weighted by Crippen LogP contribution is 2.23. The van der Waals surface area contributed by atoms with E-state index in [0.717, 1.165) is 12.1 Å². The van der Waals surface area contributed by atoms with Crippen molar-refractivity contribution in [2.24, 2.45) is 0 Å². The van der Waals surface area contributed by atoms with E-state index >= 15 is 0 Å². The molecular weight excluding hydrogens is 362 g/mol. The molecule has 0 aliphatic heterocycles. The maximum Gasteiger partial charge on any atom is 0.340 e. The number of rotatable bonds is 5. The largest absolute Gasteiger partial charge is 0.449 e. The van der Waals surface area contributed by atoms with E-state index in [2.05, 4.69) is 5.32 Å². The lowest BCUT2D eigenvalue weighted by Gasteiger charge is -2.14. The third-order valence-electron chi connectivity index (χ3n) is 3.29. The molecule has 1 N–H and O–H groups in total. The highest BCUT2D eigenvalue weighted by atomic mass is 35.5. The minimum atomic E-state index is -1.19. The van der Waals surface area contributed by atoms with Gasteiger partial charge in [0.1, 0.15) is 0 Å². The normalized spacial score (nSPS) is 11.1. The third kappa shape index (κ3) is 4.55. The lowest BCUT2D eigenvalue weighted by molar-refractivity contribution is -0.384. The minimum Gasteiger partial charge on any atom is -0.449 e. The van der Waals surface area contributed by atoms with Crippen LogP contribution in [0.2, 0.25) is 5.02 Å². The number of esters is 1. The summed E-state index contributed by atoms with van der Waals surface area (Å²) in [7, 11) is 0. The van der Waals surface area contributed by atoms with Crippen molar-refractivity contribution in [1.82, 2.24) is 0 Å². The summed E-state index contributed by atoms with van der Waals surface area (Å²) < 4.78 is 5.02. The number of nitro benzene ring substituents is 1. The molecule has 0 fully saturated rings. The van der Waals surface area contributed by atoms with Gasteiger partial charge in [-0.3, -0.25) is 14.9 Å². The molecule has 1 amide bonds. The molecule has 0 aromatic heterocycles. The van der Waals surface area contributed by atoms with Crippen LogP contribution in [0.3, 0.4) is 0 Å². The zero-order valence-corrected chi connectivity index (χ0v) is 14.2. The van der Waals surface area contributed by atoms with Crippen LogP contribution in [0, 0.1) is 21.4 Å². The quantitative estimate of drug-likeness (QED) is 0.487. The van der Waals surface area contributed by atoms with E-state index in [1.54, 1.807) is 18.2 Å². The second-order valence-electron chi connectivity index (χ2n) is 5.15. The first-order chi connectivity index (χ1) is 12.3. The molecular formula is C17H12ClN3O5. The molecule has 0 unspecified atom stereocenters. The molecule has 0 radical (unpaired) electrons. The number of ether oxygens (including phenoxy) is 1. The average Bonchev–Trinajstić information content (AvgIpc) is 2.61. The number of nitrogens with zero attached hydrogens (tertiary/aromatic N) is 2. The molecule has 0 saturated heterocycles. The predicted molar refractivity (Wildman–Crippen MR) is 92.8 cm³/mol. The van der Waals surface area contributed by atoms with Crippen LogP contribution in [0.25, 0.3) is 0 Å². The third-order valence-corrected chi connectivity index (χ3v) is 3.62. The molecule has 0 saturated carbocycles. The summed E-state index contributed by atoms with van der Waals surface area (Å²) in [5.74, 6) is -1.60. The summed E-state index contributed by atoms with van der Waals surface area (Å²) in [5.41, 5.74) is 0.180. The van der Waals surface area contributed by atoms with E-state index in [4.69, 9.17) is 21.6 Å². The molecule has 0 aliphatic carbocycles. The van der Waals surface area contributed by atoms with Gasteiger partial charge in [-0.15, -0.1) is 0 Å². The zero-order valence-electron chi connectivity index (χ0n) is 13.4. The lowest BCUT2D eigenvalue weighted by Crippen LogP contribution is -2.30. The fourth-order valence-corrected chi connectivity index (χ4v) is 2.17. The number of carbonyl (C=O) groups excluding carboxylic acids is 2. The maximum atomic E-state index is 12.2. The summed E-state index contributed by atoms with van der Waals surface area (Å²) >= 11 is 5.87. The van der Waals surface area contributed by atoms with Crippen LogP contribution < -0.4 is 5.32 Å². The lowest BCUT2D eigenvalue weighted by atomic mass is 10.2. The summed E-state index contributed by atoms with van der Waals surface area (Å²) in [6.07, 6.45) is -1.19. The number of hydrogen-bond acceptors (Lipinski definition) is 6. The molecule has 0 bridgehead atoms. The second-order valence-corrected chi connectivity index (χ2v) is 5.56. The number of anilines is 1. The van der Waals surface area contributed by atoms with Gasteiger partial charge in [-0.25, -0.2) is 4.79 Å². The molecule has 1 atom stereocenters. The van der Waals surface area contributed by atoms with Gasteiger partial charge in [0.25, 0.3) is 11.6 Å². The standard InChI is InChI=1S/C17H12ClN3O5/c1-10(16(22)20-12-4-2-3-11(7-12)9-19)26-17(23)14-8-13(21(24)25)5-6-15(14)18/h2-8,10H,1H3,(H,20,22)/t10-/m1/s1. The van der Waals surface area contributed by atoms with Crippen molar-refractivity contribution < 1.29 is 19.2 Å². The zero-order chi connectivity index (χ0) is 19.3. The van der Waals surface area contributed by atoms with Crippen LogP contribution >= 0.6 is 11.6 Å². The molecule has 132 valence electrons. The van der Waals surface area contributed by atoms with Gasteiger partial charge in [0.05, 0.1) is 27.1 Å². The molecule has 9 heteroatoms. The molecule has 0 heterocycles. The number of hydrogen-bond donors (Lipinski definition) is 1. The van der Waals surface area contributed by atoms with E-state index < -0.39 is 22.9 Å². The Labute approximate surface area is 153 Å². The molecule has 0 aliphatic rings. The highest BCUT2D eigenvalue weighted by Gasteiger charge is 2.22. The Bertz CT molecular complexity index is 923. The van der Waals surface area contributed by atoms with E-state index in [1.165, 1.54) is 19.1 Å². The van der Waals surface area contributed by atoms with Crippen LogP contribution in [-0.2, 0) is 9.53 Å². The minimum absolute atomic E-state index is 0.0325. The van der Waals surface area contributed by atoms with Crippen LogP contribution in [0.15, 0.2) is 42.5 Å². The first-order valence-corrected chi connectivity index (χ1v) is 7.65. The van der Waals surface area contributed by atoms with Crippen molar-refractivity contribution >= 4 is 34.9 Å². The fraction of sp³-hybridized carbons (Fsp3) is 0.118. The molecule has 2 aromatic carbocycles. The van der Waals surface area contributed by atoms with Gasteiger partial charge < -0.3 is 10.1 Å². The maximum absolute atomic E-state index is 12.2. The highest BCUT2D eigenvalue weighted by molar-refractivity contribution is 6.33. The number of halogens is 1. The van der Waals surface area contributed by atoms with Gasteiger partial charge in [-0.05, 0) is 31.2 Å². The van der Waals surface area contributed by atoms with Gasteiger partial charge in [0.15, 0.2) is 6.10 Å². The average molecular weight is 374 g/mol. The van der Waals surface area contributed by atoms with Gasteiger partial charge in [-0.1, -0.05) is 17.7 Å². The summed E-state index contributed by atoms with van der Waals surface area (Å²) in [6.45, 7) is 1.34. The number of nitrogens with one attached hydrogen (secondary N) is 1. The first-order valence-electron chi connectivity index (χ1n) is 7.27. The van der Waals surface area contributed by atoms with Crippen molar-refractivity contribution in [3.05, 3.63) is 68.7 Å². The topological polar surface area (TPSA) is 122 Å². The van der Waals surface area contributed by atoms with E-state index in [-0.39, 0.29) is 16.3 Å². The van der Waals surface area contributed by atoms with Crippen molar-refractivity contribution in [3.8, 4) is 6.07 Å². The smallest absolute Gasteiger partial charge is 0.340 e. The molecule has 0 spiro atoms. The second kappa shape index (κ2) is 8.09. The Morgan fingerprint density at radius 2 is 2.04 bits per heavy atom.